The molecule has 0 bridgehead atoms. The first-order valence-corrected chi connectivity index (χ1v) is 6.45. The zero-order valence-corrected chi connectivity index (χ0v) is 12.2. The molecule has 0 saturated heterocycles. The first-order chi connectivity index (χ1) is 9.43. The molecule has 7 heteroatoms. The molecule has 6 nitrogen and oxygen atoms in total. The molecule has 0 aliphatic rings. The number of carboxylic acids is 2. The standard InChI is InChI=1S/C13H13BrO6/c1-2-19-10-5-8(3-4-12(15)16)9(14)6-11(10)20-7-13(17)18/h3-6H,2,7H2,1H3,(H,15,16)(H,17,18)/b4-3+. The van der Waals surface area contributed by atoms with E-state index in [1.165, 1.54) is 12.1 Å². The van der Waals surface area contributed by atoms with Crippen molar-refractivity contribution in [3.05, 3.63) is 28.2 Å². The van der Waals surface area contributed by atoms with E-state index in [1.807, 2.05) is 0 Å². The average molecular weight is 345 g/mol. The van der Waals surface area contributed by atoms with Gasteiger partial charge in [0.05, 0.1) is 6.61 Å². The lowest BCUT2D eigenvalue weighted by Crippen LogP contribution is -2.10. The van der Waals surface area contributed by atoms with Crippen LogP contribution in [0.4, 0.5) is 0 Å². The minimum atomic E-state index is -1.10. The van der Waals surface area contributed by atoms with Crippen molar-refractivity contribution in [1.82, 2.24) is 0 Å². The van der Waals surface area contributed by atoms with E-state index in [-0.39, 0.29) is 5.75 Å². The summed E-state index contributed by atoms with van der Waals surface area (Å²) in [4.78, 5) is 21.0. The molecule has 0 atom stereocenters. The van der Waals surface area contributed by atoms with Crippen LogP contribution in [-0.4, -0.2) is 35.4 Å². The maximum absolute atomic E-state index is 10.5. The Labute approximate surface area is 123 Å². The molecule has 108 valence electrons. The van der Waals surface area contributed by atoms with Crippen molar-refractivity contribution < 1.29 is 29.3 Å². The van der Waals surface area contributed by atoms with Gasteiger partial charge in [-0.1, -0.05) is 15.9 Å². The summed E-state index contributed by atoms with van der Waals surface area (Å²) in [7, 11) is 0. The molecule has 0 aromatic heterocycles. The molecule has 1 aromatic rings. The predicted octanol–water partition coefficient (Wildman–Crippen LogP) is 2.41. The van der Waals surface area contributed by atoms with Gasteiger partial charge in [-0.25, -0.2) is 9.59 Å². The van der Waals surface area contributed by atoms with E-state index in [2.05, 4.69) is 15.9 Å². The lowest BCUT2D eigenvalue weighted by Gasteiger charge is -2.12. The molecular formula is C13H13BrO6. The topological polar surface area (TPSA) is 93.1 Å². The van der Waals surface area contributed by atoms with E-state index in [0.29, 0.717) is 22.4 Å². The summed E-state index contributed by atoms with van der Waals surface area (Å²) in [6, 6.07) is 3.11. The third-order valence-electron chi connectivity index (χ3n) is 2.12. The number of carbonyl (C=O) groups is 2. The Morgan fingerprint density at radius 1 is 1.25 bits per heavy atom. The van der Waals surface area contributed by atoms with Gasteiger partial charge in [0.25, 0.3) is 0 Å². The van der Waals surface area contributed by atoms with E-state index in [9.17, 15) is 9.59 Å². The number of hydrogen-bond donors (Lipinski definition) is 2. The maximum atomic E-state index is 10.5. The molecule has 2 N–H and O–H groups in total. The second-order valence-electron chi connectivity index (χ2n) is 3.61. The summed E-state index contributed by atoms with van der Waals surface area (Å²) in [6.45, 7) is 1.65. The smallest absolute Gasteiger partial charge is 0.341 e. The molecule has 0 aliphatic heterocycles. The summed E-state index contributed by atoms with van der Waals surface area (Å²) in [5, 5.41) is 17.2. The Morgan fingerprint density at radius 3 is 2.45 bits per heavy atom. The highest BCUT2D eigenvalue weighted by Gasteiger charge is 2.11. The summed E-state index contributed by atoms with van der Waals surface area (Å²) >= 11 is 3.26. The van der Waals surface area contributed by atoms with Gasteiger partial charge in [0.1, 0.15) is 0 Å². The third-order valence-corrected chi connectivity index (χ3v) is 2.81. The molecule has 0 radical (unpaired) electrons. The van der Waals surface area contributed by atoms with Crippen molar-refractivity contribution in [1.29, 1.82) is 0 Å². The Bertz CT molecular complexity index is 538. The number of hydrogen-bond acceptors (Lipinski definition) is 4. The van der Waals surface area contributed by atoms with Crippen LogP contribution in [0.5, 0.6) is 11.5 Å². The minimum Gasteiger partial charge on any atom is -0.490 e. The molecule has 0 unspecified atom stereocenters. The number of aliphatic carboxylic acids is 2. The monoisotopic (exact) mass is 344 g/mol. The van der Waals surface area contributed by atoms with Gasteiger partial charge in [0, 0.05) is 10.5 Å². The molecule has 0 heterocycles. The van der Waals surface area contributed by atoms with Crippen LogP contribution in [-0.2, 0) is 9.59 Å². The van der Waals surface area contributed by atoms with Crippen LogP contribution in [0.25, 0.3) is 6.08 Å². The number of halogens is 1. The van der Waals surface area contributed by atoms with E-state index in [4.69, 9.17) is 19.7 Å². The molecule has 0 aliphatic carbocycles. The van der Waals surface area contributed by atoms with Gasteiger partial charge in [-0.2, -0.15) is 0 Å². The van der Waals surface area contributed by atoms with Crippen LogP contribution in [0.3, 0.4) is 0 Å². The van der Waals surface area contributed by atoms with Crippen LogP contribution < -0.4 is 9.47 Å². The Morgan fingerprint density at radius 2 is 1.90 bits per heavy atom. The molecule has 20 heavy (non-hydrogen) atoms. The van der Waals surface area contributed by atoms with Crippen LogP contribution in [0.2, 0.25) is 0 Å². The highest BCUT2D eigenvalue weighted by molar-refractivity contribution is 9.10. The van der Waals surface area contributed by atoms with Gasteiger partial charge in [-0.15, -0.1) is 0 Å². The van der Waals surface area contributed by atoms with E-state index >= 15 is 0 Å². The van der Waals surface area contributed by atoms with Crippen molar-refractivity contribution in [3.8, 4) is 11.5 Å². The van der Waals surface area contributed by atoms with Crippen LogP contribution in [0, 0.1) is 0 Å². The van der Waals surface area contributed by atoms with Gasteiger partial charge >= 0.3 is 11.9 Å². The maximum Gasteiger partial charge on any atom is 0.341 e. The van der Waals surface area contributed by atoms with Gasteiger partial charge in [-0.05, 0) is 30.7 Å². The normalized spacial score (nSPS) is 10.5. The first-order valence-electron chi connectivity index (χ1n) is 5.66. The van der Waals surface area contributed by atoms with Crippen molar-refractivity contribution >= 4 is 33.9 Å². The minimum absolute atomic E-state index is 0.272. The fraction of sp³-hybridized carbons (Fsp3) is 0.231. The van der Waals surface area contributed by atoms with Crippen molar-refractivity contribution in [2.24, 2.45) is 0 Å². The molecule has 1 aromatic carbocycles. The summed E-state index contributed by atoms with van der Waals surface area (Å²) in [5.74, 6) is -1.55. The largest absolute Gasteiger partial charge is 0.490 e. The van der Waals surface area contributed by atoms with E-state index in [1.54, 1.807) is 13.0 Å². The number of carboxylic acid groups (broad SMARTS) is 2. The lowest BCUT2D eigenvalue weighted by molar-refractivity contribution is -0.139. The summed E-state index contributed by atoms with van der Waals surface area (Å²) in [5.41, 5.74) is 0.582. The van der Waals surface area contributed by atoms with Gasteiger partial charge < -0.3 is 19.7 Å². The number of ether oxygens (including phenoxy) is 2. The predicted molar refractivity (Wildman–Crippen MR) is 75.1 cm³/mol. The molecule has 0 spiro atoms. The third kappa shape index (κ3) is 4.93. The Kier molecular flexibility index (Phi) is 6.05. The Balaban J connectivity index is 3.09. The highest BCUT2D eigenvalue weighted by Crippen LogP contribution is 2.34. The fourth-order valence-electron chi connectivity index (χ4n) is 1.36. The highest BCUT2D eigenvalue weighted by atomic mass is 79.9. The molecule has 0 fully saturated rings. The Hall–Kier alpha value is -2.02. The van der Waals surface area contributed by atoms with Crippen molar-refractivity contribution in [3.63, 3.8) is 0 Å². The summed E-state index contributed by atoms with van der Waals surface area (Å²) in [6.07, 6.45) is 2.39. The summed E-state index contributed by atoms with van der Waals surface area (Å²) < 4.78 is 11.0. The number of rotatable bonds is 7. The molecule has 0 saturated carbocycles. The quantitative estimate of drug-likeness (QED) is 0.737. The van der Waals surface area contributed by atoms with Crippen molar-refractivity contribution in [2.75, 3.05) is 13.2 Å². The van der Waals surface area contributed by atoms with Crippen molar-refractivity contribution in [2.45, 2.75) is 6.92 Å². The van der Waals surface area contributed by atoms with E-state index in [0.717, 1.165) is 6.08 Å². The zero-order valence-electron chi connectivity index (χ0n) is 10.6. The van der Waals surface area contributed by atoms with Crippen LogP contribution in [0.15, 0.2) is 22.7 Å². The van der Waals surface area contributed by atoms with E-state index < -0.39 is 18.5 Å². The zero-order chi connectivity index (χ0) is 15.1. The second-order valence-corrected chi connectivity index (χ2v) is 4.46. The van der Waals surface area contributed by atoms with Gasteiger partial charge in [-0.3, -0.25) is 0 Å². The van der Waals surface area contributed by atoms with Crippen LogP contribution >= 0.6 is 15.9 Å². The average Bonchev–Trinajstić information content (AvgIpc) is 2.37. The molecule has 1 rings (SSSR count). The van der Waals surface area contributed by atoms with Gasteiger partial charge in [0.2, 0.25) is 0 Å². The number of benzene rings is 1. The first kappa shape index (κ1) is 16.0. The lowest BCUT2D eigenvalue weighted by atomic mass is 10.2. The van der Waals surface area contributed by atoms with Gasteiger partial charge in [0.15, 0.2) is 18.1 Å². The second kappa shape index (κ2) is 7.54. The molecular weight excluding hydrogens is 332 g/mol. The molecule has 0 amide bonds. The SMILES string of the molecule is CCOc1cc(/C=C/C(=O)O)c(Br)cc1OCC(=O)O. The van der Waals surface area contributed by atoms with Crippen LogP contribution in [0.1, 0.15) is 12.5 Å². The fourth-order valence-corrected chi connectivity index (χ4v) is 1.81.